The highest BCUT2D eigenvalue weighted by Gasteiger charge is 2.07. The van der Waals surface area contributed by atoms with E-state index in [1.165, 1.54) is 0 Å². The summed E-state index contributed by atoms with van der Waals surface area (Å²) in [5.41, 5.74) is 0.821. The van der Waals surface area contributed by atoms with Crippen molar-refractivity contribution in [3.63, 3.8) is 0 Å². The number of aryl methyl sites for hydroxylation is 1. The SMILES string of the molecule is CC[C@H](C)NC(=O)CCc1ccccc1O. The largest absolute Gasteiger partial charge is 0.508 e. The normalized spacial score (nSPS) is 12.1. The molecule has 0 spiro atoms. The van der Waals surface area contributed by atoms with Gasteiger partial charge in [-0.25, -0.2) is 0 Å². The molecule has 1 rings (SSSR count). The Bertz CT molecular complexity index is 350. The third-order valence-electron chi connectivity index (χ3n) is 2.63. The van der Waals surface area contributed by atoms with Crippen molar-refractivity contribution >= 4 is 5.91 Å². The number of amides is 1. The van der Waals surface area contributed by atoms with Crippen molar-refractivity contribution < 1.29 is 9.90 Å². The molecule has 16 heavy (non-hydrogen) atoms. The van der Waals surface area contributed by atoms with Gasteiger partial charge in [0.1, 0.15) is 5.75 Å². The predicted molar refractivity (Wildman–Crippen MR) is 64.3 cm³/mol. The van der Waals surface area contributed by atoms with Gasteiger partial charge in [0.15, 0.2) is 0 Å². The van der Waals surface area contributed by atoms with Gasteiger partial charge in [-0.2, -0.15) is 0 Å². The standard InChI is InChI=1S/C13H19NO2/c1-3-10(2)14-13(16)9-8-11-6-4-5-7-12(11)15/h4-7,10,15H,3,8-9H2,1-2H3,(H,14,16)/t10-/m0/s1. The minimum atomic E-state index is 0.0394. The molecule has 88 valence electrons. The number of aromatic hydroxyl groups is 1. The van der Waals surface area contributed by atoms with Gasteiger partial charge in [0.2, 0.25) is 5.91 Å². The minimum absolute atomic E-state index is 0.0394. The Balaban J connectivity index is 2.40. The summed E-state index contributed by atoms with van der Waals surface area (Å²) in [5, 5.41) is 12.4. The molecule has 0 aliphatic heterocycles. The lowest BCUT2D eigenvalue weighted by Gasteiger charge is -2.11. The smallest absolute Gasteiger partial charge is 0.220 e. The van der Waals surface area contributed by atoms with Crippen molar-refractivity contribution in [2.45, 2.75) is 39.2 Å². The van der Waals surface area contributed by atoms with E-state index >= 15 is 0 Å². The van der Waals surface area contributed by atoms with Gasteiger partial charge in [0, 0.05) is 12.5 Å². The van der Waals surface area contributed by atoms with Crippen LogP contribution in [-0.4, -0.2) is 17.1 Å². The van der Waals surface area contributed by atoms with Crippen molar-refractivity contribution in [1.82, 2.24) is 5.32 Å². The molecule has 1 aromatic carbocycles. The van der Waals surface area contributed by atoms with Crippen LogP contribution in [0.5, 0.6) is 5.75 Å². The van der Waals surface area contributed by atoms with E-state index in [9.17, 15) is 9.90 Å². The molecule has 0 radical (unpaired) electrons. The number of phenols is 1. The maximum absolute atomic E-state index is 11.5. The molecule has 0 aromatic heterocycles. The average Bonchev–Trinajstić information content (AvgIpc) is 2.28. The fraction of sp³-hybridized carbons (Fsp3) is 0.462. The third-order valence-corrected chi connectivity index (χ3v) is 2.63. The topological polar surface area (TPSA) is 49.3 Å². The van der Waals surface area contributed by atoms with E-state index in [-0.39, 0.29) is 17.7 Å². The van der Waals surface area contributed by atoms with E-state index in [2.05, 4.69) is 5.32 Å². The van der Waals surface area contributed by atoms with Crippen LogP contribution in [0.15, 0.2) is 24.3 Å². The van der Waals surface area contributed by atoms with Crippen molar-refractivity contribution in [1.29, 1.82) is 0 Å². The molecule has 0 aliphatic rings. The molecule has 0 saturated heterocycles. The minimum Gasteiger partial charge on any atom is -0.508 e. The van der Waals surface area contributed by atoms with Gasteiger partial charge in [0.05, 0.1) is 0 Å². The molecule has 0 unspecified atom stereocenters. The first kappa shape index (κ1) is 12.6. The summed E-state index contributed by atoms with van der Waals surface area (Å²) < 4.78 is 0. The number of carbonyl (C=O) groups excluding carboxylic acids is 1. The van der Waals surface area contributed by atoms with Crippen LogP contribution in [-0.2, 0) is 11.2 Å². The monoisotopic (exact) mass is 221 g/mol. The third kappa shape index (κ3) is 3.93. The first-order chi connectivity index (χ1) is 7.63. The molecule has 2 N–H and O–H groups in total. The van der Waals surface area contributed by atoms with Crippen LogP contribution in [0.3, 0.4) is 0 Å². The van der Waals surface area contributed by atoms with Gasteiger partial charge in [-0.15, -0.1) is 0 Å². The van der Waals surface area contributed by atoms with Crippen LogP contribution < -0.4 is 5.32 Å². The summed E-state index contributed by atoms with van der Waals surface area (Å²) in [4.78, 5) is 11.5. The fourth-order valence-corrected chi connectivity index (χ4v) is 1.42. The molecular weight excluding hydrogens is 202 g/mol. The first-order valence-corrected chi connectivity index (χ1v) is 5.69. The molecule has 0 bridgehead atoms. The van der Waals surface area contributed by atoms with Gasteiger partial charge < -0.3 is 10.4 Å². The summed E-state index contributed by atoms with van der Waals surface area (Å²) in [7, 11) is 0. The van der Waals surface area contributed by atoms with Gasteiger partial charge in [-0.1, -0.05) is 25.1 Å². The maximum Gasteiger partial charge on any atom is 0.220 e. The molecule has 3 nitrogen and oxygen atoms in total. The van der Waals surface area contributed by atoms with Crippen molar-refractivity contribution in [2.75, 3.05) is 0 Å². The fourth-order valence-electron chi connectivity index (χ4n) is 1.42. The number of phenolic OH excluding ortho intramolecular Hbond substituents is 1. The highest BCUT2D eigenvalue weighted by molar-refractivity contribution is 5.76. The highest BCUT2D eigenvalue weighted by atomic mass is 16.3. The Kier molecular flexibility index (Phi) is 4.83. The summed E-state index contributed by atoms with van der Waals surface area (Å²) in [5.74, 6) is 0.302. The lowest BCUT2D eigenvalue weighted by Crippen LogP contribution is -2.31. The van der Waals surface area contributed by atoms with Crippen LogP contribution in [0.2, 0.25) is 0 Å². The van der Waals surface area contributed by atoms with Crippen LogP contribution >= 0.6 is 0 Å². The molecule has 0 aliphatic carbocycles. The highest BCUT2D eigenvalue weighted by Crippen LogP contribution is 2.17. The number of hydrogen-bond acceptors (Lipinski definition) is 2. The second kappa shape index (κ2) is 6.16. The Morgan fingerprint density at radius 2 is 2.12 bits per heavy atom. The molecule has 1 atom stereocenters. The first-order valence-electron chi connectivity index (χ1n) is 5.69. The number of hydrogen-bond donors (Lipinski definition) is 2. The molecule has 0 saturated carbocycles. The Labute approximate surface area is 96.5 Å². The average molecular weight is 221 g/mol. The number of rotatable bonds is 5. The Morgan fingerprint density at radius 3 is 2.75 bits per heavy atom. The van der Waals surface area contributed by atoms with E-state index in [1.807, 2.05) is 26.0 Å². The molecule has 0 fully saturated rings. The van der Waals surface area contributed by atoms with Crippen LogP contribution in [0, 0.1) is 0 Å². The van der Waals surface area contributed by atoms with Crippen LogP contribution in [0.1, 0.15) is 32.3 Å². The number of nitrogens with one attached hydrogen (secondary N) is 1. The zero-order chi connectivity index (χ0) is 12.0. The van der Waals surface area contributed by atoms with Crippen LogP contribution in [0.4, 0.5) is 0 Å². The second-order valence-electron chi connectivity index (χ2n) is 4.01. The Morgan fingerprint density at radius 1 is 1.44 bits per heavy atom. The van der Waals surface area contributed by atoms with E-state index in [1.54, 1.807) is 12.1 Å². The summed E-state index contributed by atoms with van der Waals surface area (Å²) in [6.07, 6.45) is 1.93. The van der Waals surface area contributed by atoms with E-state index in [0.717, 1.165) is 12.0 Å². The van der Waals surface area contributed by atoms with Crippen molar-refractivity contribution in [3.8, 4) is 5.75 Å². The quantitative estimate of drug-likeness (QED) is 0.801. The zero-order valence-corrected chi connectivity index (χ0v) is 9.86. The number of para-hydroxylation sites is 1. The van der Waals surface area contributed by atoms with E-state index < -0.39 is 0 Å². The van der Waals surface area contributed by atoms with Gasteiger partial charge >= 0.3 is 0 Å². The molecule has 1 aromatic rings. The summed E-state index contributed by atoms with van der Waals surface area (Å²) >= 11 is 0. The predicted octanol–water partition coefficient (Wildman–Crippen LogP) is 2.24. The number of benzene rings is 1. The van der Waals surface area contributed by atoms with E-state index in [0.29, 0.717) is 12.8 Å². The lowest BCUT2D eigenvalue weighted by atomic mass is 10.1. The molecular formula is C13H19NO2. The summed E-state index contributed by atoms with van der Waals surface area (Å²) in [6.45, 7) is 4.02. The second-order valence-corrected chi connectivity index (χ2v) is 4.01. The van der Waals surface area contributed by atoms with Gasteiger partial charge in [-0.3, -0.25) is 4.79 Å². The lowest BCUT2D eigenvalue weighted by molar-refractivity contribution is -0.121. The molecule has 0 heterocycles. The zero-order valence-electron chi connectivity index (χ0n) is 9.86. The van der Waals surface area contributed by atoms with E-state index in [4.69, 9.17) is 0 Å². The van der Waals surface area contributed by atoms with Gasteiger partial charge in [0.25, 0.3) is 0 Å². The summed E-state index contributed by atoms with van der Waals surface area (Å²) in [6, 6.07) is 7.34. The molecule has 3 heteroatoms. The molecule has 1 amide bonds. The number of carbonyl (C=O) groups is 1. The Hall–Kier alpha value is -1.51. The van der Waals surface area contributed by atoms with Crippen LogP contribution in [0.25, 0.3) is 0 Å². The van der Waals surface area contributed by atoms with Gasteiger partial charge in [-0.05, 0) is 31.4 Å². The van der Waals surface area contributed by atoms with Crippen molar-refractivity contribution in [2.24, 2.45) is 0 Å². The maximum atomic E-state index is 11.5. The van der Waals surface area contributed by atoms with Crippen molar-refractivity contribution in [3.05, 3.63) is 29.8 Å².